The fraction of sp³-hybridized carbons (Fsp3) is 0.300. The Morgan fingerprint density at radius 1 is 1.22 bits per heavy atom. The number of amides is 1. The van der Waals surface area contributed by atoms with Crippen LogP contribution in [0, 0.1) is 0 Å². The van der Waals surface area contributed by atoms with Crippen molar-refractivity contribution in [2.24, 2.45) is 0 Å². The average molecular weight is 370 g/mol. The molecule has 3 rings (SSSR count). The second kappa shape index (κ2) is 7.28. The predicted octanol–water partition coefficient (Wildman–Crippen LogP) is 1.88. The van der Waals surface area contributed by atoms with Gasteiger partial charge in [-0.25, -0.2) is 4.79 Å². The van der Waals surface area contributed by atoms with Crippen LogP contribution in [0.5, 0.6) is 5.75 Å². The first-order valence-corrected chi connectivity index (χ1v) is 8.57. The smallest absolute Gasteiger partial charge is 0.394 e. The molecule has 1 heterocycles. The molecule has 2 N–H and O–H groups in total. The van der Waals surface area contributed by atoms with Crippen molar-refractivity contribution < 1.29 is 24.5 Å². The zero-order valence-corrected chi connectivity index (χ0v) is 15.3. The molecular formula is C20H22N2O5. The van der Waals surface area contributed by atoms with Crippen LogP contribution in [-0.2, 0) is 16.1 Å². The standard InChI is InChI=1S/C20H22N2O5/c1-20(13-23)12-21(2)16-9-8-15(10-17(16)27-20)22(18(24)19(25)26)11-14-6-4-3-5-7-14/h3-10,23H,11-13H2,1-2H3,(H,25,26). The molecule has 27 heavy (non-hydrogen) atoms. The van der Waals surface area contributed by atoms with Crippen LogP contribution in [0.1, 0.15) is 12.5 Å². The number of carbonyl (C=O) groups excluding carboxylic acids is 1. The molecule has 0 saturated carbocycles. The highest BCUT2D eigenvalue weighted by Gasteiger charge is 2.34. The van der Waals surface area contributed by atoms with Gasteiger partial charge in [0, 0.05) is 18.8 Å². The van der Waals surface area contributed by atoms with Crippen LogP contribution in [0.3, 0.4) is 0 Å². The molecule has 2 aromatic carbocycles. The second-order valence-corrected chi connectivity index (χ2v) is 6.90. The van der Waals surface area contributed by atoms with E-state index in [0.717, 1.165) is 11.3 Å². The summed E-state index contributed by atoms with van der Waals surface area (Å²) in [6.45, 7) is 2.27. The van der Waals surface area contributed by atoms with E-state index >= 15 is 0 Å². The molecule has 7 nitrogen and oxygen atoms in total. The summed E-state index contributed by atoms with van der Waals surface area (Å²) >= 11 is 0. The number of hydrogen-bond acceptors (Lipinski definition) is 5. The third-order valence-electron chi connectivity index (χ3n) is 4.54. The van der Waals surface area contributed by atoms with Crippen molar-refractivity contribution in [1.29, 1.82) is 0 Å². The number of anilines is 2. The quantitative estimate of drug-likeness (QED) is 0.799. The first kappa shape index (κ1) is 18.7. The molecule has 1 atom stereocenters. The SMILES string of the molecule is CN1CC(C)(CO)Oc2cc(N(Cc3ccccc3)C(=O)C(=O)O)ccc21. The number of fused-ring (bicyclic) bond motifs is 1. The fourth-order valence-corrected chi connectivity index (χ4v) is 3.20. The molecule has 142 valence electrons. The van der Waals surface area contributed by atoms with E-state index in [2.05, 4.69) is 0 Å². The zero-order chi connectivity index (χ0) is 19.6. The number of benzene rings is 2. The lowest BCUT2D eigenvalue weighted by molar-refractivity contribution is -0.148. The molecular weight excluding hydrogens is 348 g/mol. The second-order valence-electron chi connectivity index (χ2n) is 6.90. The average Bonchev–Trinajstić information content (AvgIpc) is 2.65. The summed E-state index contributed by atoms with van der Waals surface area (Å²) < 4.78 is 5.94. The van der Waals surface area contributed by atoms with E-state index < -0.39 is 17.5 Å². The molecule has 1 aliphatic heterocycles. The third kappa shape index (κ3) is 3.88. The van der Waals surface area contributed by atoms with E-state index in [4.69, 9.17) is 4.74 Å². The molecule has 0 spiro atoms. The van der Waals surface area contributed by atoms with E-state index in [9.17, 15) is 19.8 Å². The van der Waals surface area contributed by atoms with E-state index in [-0.39, 0.29) is 13.2 Å². The number of aliphatic carboxylic acids is 1. The Morgan fingerprint density at radius 2 is 1.93 bits per heavy atom. The minimum atomic E-state index is -1.53. The maximum absolute atomic E-state index is 12.3. The van der Waals surface area contributed by atoms with Crippen LogP contribution >= 0.6 is 0 Å². The predicted molar refractivity (Wildman–Crippen MR) is 101 cm³/mol. The van der Waals surface area contributed by atoms with Gasteiger partial charge in [-0.1, -0.05) is 30.3 Å². The fourth-order valence-electron chi connectivity index (χ4n) is 3.20. The van der Waals surface area contributed by atoms with Gasteiger partial charge < -0.3 is 19.8 Å². The van der Waals surface area contributed by atoms with Gasteiger partial charge >= 0.3 is 11.9 Å². The summed E-state index contributed by atoms with van der Waals surface area (Å²) in [6.07, 6.45) is 0. The molecule has 1 amide bonds. The van der Waals surface area contributed by atoms with Crippen molar-refractivity contribution in [3.8, 4) is 5.75 Å². The van der Waals surface area contributed by atoms with E-state index in [1.54, 1.807) is 25.1 Å². The highest BCUT2D eigenvalue weighted by molar-refractivity contribution is 6.37. The number of aliphatic hydroxyl groups is 1. The van der Waals surface area contributed by atoms with Crippen molar-refractivity contribution >= 4 is 23.3 Å². The molecule has 0 aromatic heterocycles. The van der Waals surface area contributed by atoms with E-state index in [1.807, 2.05) is 42.3 Å². The minimum absolute atomic E-state index is 0.123. The first-order chi connectivity index (χ1) is 12.8. The summed E-state index contributed by atoms with van der Waals surface area (Å²) in [7, 11) is 1.89. The Balaban J connectivity index is 1.99. The van der Waals surface area contributed by atoms with Crippen molar-refractivity contribution in [2.75, 3.05) is 30.0 Å². The van der Waals surface area contributed by atoms with Crippen LogP contribution < -0.4 is 14.5 Å². The zero-order valence-electron chi connectivity index (χ0n) is 15.3. The van der Waals surface area contributed by atoms with Crippen molar-refractivity contribution in [2.45, 2.75) is 19.1 Å². The molecule has 2 aromatic rings. The topological polar surface area (TPSA) is 90.3 Å². The molecule has 7 heteroatoms. The largest absolute Gasteiger partial charge is 0.481 e. The number of ether oxygens (including phenoxy) is 1. The number of aliphatic hydroxyl groups excluding tert-OH is 1. The van der Waals surface area contributed by atoms with Crippen LogP contribution in [0.4, 0.5) is 11.4 Å². The number of carbonyl (C=O) groups is 2. The molecule has 0 aliphatic carbocycles. The Bertz CT molecular complexity index is 855. The molecule has 1 unspecified atom stereocenters. The summed E-state index contributed by atoms with van der Waals surface area (Å²) in [4.78, 5) is 26.8. The maximum Gasteiger partial charge on any atom is 0.394 e. The summed E-state index contributed by atoms with van der Waals surface area (Å²) in [5.74, 6) is -2.05. The van der Waals surface area contributed by atoms with Gasteiger partial charge in [-0.2, -0.15) is 0 Å². The molecule has 0 fully saturated rings. The summed E-state index contributed by atoms with van der Waals surface area (Å²) in [6, 6.07) is 14.3. The molecule has 0 saturated heterocycles. The van der Waals surface area contributed by atoms with Gasteiger partial charge in [0.15, 0.2) is 0 Å². The summed E-state index contributed by atoms with van der Waals surface area (Å²) in [5.41, 5.74) is 1.26. The monoisotopic (exact) mass is 370 g/mol. The maximum atomic E-state index is 12.3. The van der Waals surface area contributed by atoms with Crippen molar-refractivity contribution in [3.63, 3.8) is 0 Å². The van der Waals surface area contributed by atoms with Gasteiger partial charge in [-0.3, -0.25) is 9.69 Å². The van der Waals surface area contributed by atoms with Gasteiger partial charge in [0.2, 0.25) is 0 Å². The van der Waals surface area contributed by atoms with Gasteiger partial charge in [0.1, 0.15) is 11.4 Å². The number of hydrogen-bond donors (Lipinski definition) is 2. The van der Waals surface area contributed by atoms with Gasteiger partial charge in [0.25, 0.3) is 0 Å². The van der Waals surface area contributed by atoms with E-state index in [0.29, 0.717) is 18.0 Å². The van der Waals surface area contributed by atoms with Gasteiger partial charge in [-0.05, 0) is 24.6 Å². The lowest BCUT2D eigenvalue weighted by atomic mass is 10.0. The Hall–Kier alpha value is -3.06. The Labute approximate surface area is 157 Å². The van der Waals surface area contributed by atoms with Crippen LogP contribution in [0.2, 0.25) is 0 Å². The first-order valence-electron chi connectivity index (χ1n) is 8.57. The number of likely N-dealkylation sites (N-methyl/N-ethyl adjacent to an activating group) is 1. The number of carboxylic acid groups (broad SMARTS) is 1. The van der Waals surface area contributed by atoms with Gasteiger partial charge in [-0.15, -0.1) is 0 Å². The lowest BCUT2D eigenvalue weighted by Crippen LogP contribution is -2.50. The number of nitrogens with zero attached hydrogens (tertiary/aromatic N) is 2. The normalized spacial score (nSPS) is 18.4. The van der Waals surface area contributed by atoms with Crippen molar-refractivity contribution in [1.82, 2.24) is 0 Å². The molecule has 1 aliphatic rings. The Kier molecular flexibility index (Phi) is 5.05. The van der Waals surface area contributed by atoms with E-state index in [1.165, 1.54) is 4.90 Å². The third-order valence-corrected chi connectivity index (χ3v) is 4.54. The van der Waals surface area contributed by atoms with Crippen molar-refractivity contribution in [3.05, 3.63) is 54.1 Å². The highest BCUT2D eigenvalue weighted by Crippen LogP contribution is 2.39. The lowest BCUT2D eigenvalue weighted by Gasteiger charge is -2.40. The summed E-state index contributed by atoms with van der Waals surface area (Å²) in [5, 5.41) is 18.9. The Morgan fingerprint density at radius 3 is 2.56 bits per heavy atom. The minimum Gasteiger partial charge on any atom is -0.481 e. The number of rotatable bonds is 4. The van der Waals surface area contributed by atoms with Crippen LogP contribution in [0.15, 0.2) is 48.5 Å². The number of carboxylic acids is 1. The molecule has 0 radical (unpaired) electrons. The van der Waals surface area contributed by atoms with Gasteiger partial charge in [0.05, 0.1) is 25.4 Å². The van der Waals surface area contributed by atoms with Crippen LogP contribution in [-0.4, -0.2) is 47.9 Å². The molecule has 0 bridgehead atoms. The highest BCUT2D eigenvalue weighted by atomic mass is 16.5. The van der Waals surface area contributed by atoms with Crippen LogP contribution in [0.25, 0.3) is 0 Å².